The Morgan fingerprint density at radius 2 is 0.900 bits per heavy atom. The van der Waals surface area contributed by atoms with Crippen molar-refractivity contribution >= 4 is 22.3 Å². The van der Waals surface area contributed by atoms with Crippen LogP contribution in [0.4, 0.5) is 0 Å². The van der Waals surface area contributed by atoms with E-state index in [-0.39, 0.29) is 44.4 Å². The molecule has 0 aromatic carbocycles. The molecule has 4 aliphatic rings. The topological polar surface area (TPSA) is 450 Å². The molecule has 4 aliphatic heterocycles. The monoisotopic (exact) mass is 1190 g/mol. The van der Waals surface area contributed by atoms with Crippen LogP contribution in [0.25, 0.3) is 0 Å². The fourth-order valence-electron chi connectivity index (χ4n) is 8.28. The second kappa shape index (κ2) is 31.0. The van der Waals surface area contributed by atoms with Gasteiger partial charge in [0.2, 0.25) is 0 Å². The molecule has 8 rings (SSSR count). The van der Waals surface area contributed by atoms with E-state index in [1.54, 1.807) is 6.92 Å². The third-order valence-electron chi connectivity index (χ3n) is 12.1. The number of aromatic nitrogens is 8. The molecule has 16 atom stereocenters. The van der Waals surface area contributed by atoms with Crippen molar-refractivity contribution in [1.82, 2.24) is 38.2 Å². The molecule has 0 bridgehead atoms. The van der Waals surface area contributed by atoms with Crippen LogP contribution in [0.15, 0.2) is 77.8 Å². The van der Waals surface area contributed by atoms with Crippen molar-refractivity contribution in [3.05, 3.63) is 116 Å². The van der Waals surface area contributed by atoms with E-state index >= 15 is 0 Å². The largest absolute Gasteiger partial charge is 0.465 e. The van der Waals surface area contributed by atoms with Crippen LogP contribution in [-0.2, 0) is 52.2 Å². The summed E-state index contributed by atoms with van der Waals surface area (Å²) in [6.45, 7) is 0.610. The second-order valence-corrected chi connectivity index (χ2v) is 19.0. The summed E-state index contributed by atoms with van der Waals surface area (Å²) in [6, 6.07) is 4.92. The van der Waals surface area contributed by atoms with Crippen LogP contribution in [0.2, 0.25) is 0 Å². The maximum absolute atomic E-state index is 11.8. The molecule has 4 unspecified atom stereocenters. The van der Waals surface area contributed by atoms with Crippen LogP contribution in [0, 0.1) is 4.77 Å². The SMILES string of the molecule is C.C.CCOc1nc(=O)ccn1[C@@H]1O[C@H](CO)C(O)[C@@H]1OC.CO[C@H]1C(O)[C@@H](CO)O[C@H]1n1ccc(=O)[nH]c1=O.CO[C@H]1C(O)[C@@H](CO)O[C@H]1n1ccc(=O)[nH]c1=S.CO[C@H]1C(O)[C@@H](COS(C)(=O)=O)O[C@H]1n1ccc(=O)[nH]c1=O. The van der Waals surface area contributed by atoms with Crippen LogP contribution < -0.4 is 38.4 Å². The number of aliphatic hydroxyl groups excluding tert-OH is 7. The van der Waals surface area contributed by atoms with Gasteiger partial charge in [-0.2, -0.15) is 13.4 Å². The van der Waals surface area contributed by atoms with Gasteiger partial charge < -0.3 is 78.4 Å². The summed E-state index contributed by atoms with van der Waals surface area (Å²) >= 11 is 5.02. The Hall–Kier alpha value is -5.55. The van der Waals surface area contributed by atoms with Gasteiger partial charge in [0, 0.05) is 77.5 Å². The van der Waals surface area contributed by atoms with Gasteiger partial charge in [0.15, 0.2) is 29.7 Å². The third kappa shape index (κ3) is 16.6. The van der Waals surface area contributed by atoms with Gasteiger partial charge in [0.25, 0.3) is 32.4 Å². The molecule has 0 spiro atoms. The summed E-state index contributed by atoms with van der Waals surface area (Å²) in [5.74, 6) is 0. The minimum Gasteiger partial charge on any atom is -0.465 e. The maximum atomic E-state index is 11.8. The predicted molar refractivity (Wildman–Crippen MR) is 277 cm³/mol. The van der Waals surface area contributed by atoms with E-state index in [4.69, 9.17) is 65.1 Å². The highest BCUT2D eigenvalue weighted by molar-refractivity contribution is 7.86. The molecule has 452 valence electrons. The molecule has 4 saturated heterocycles. The molecule has 10 N–H and O–H groups in total. The van der Waals surface area contributed by atoms with E-state index < -0.39 is 150 Å². The van der Waals surface area contributed by atoms with Crippen LogP contribution in [-0.4, -0.2) is 223 Å². The average Bonchev–Trinajstić information content (AvgIpc) is 4.11. The molecule has 0 radical (unpaired) electrons. The third-order valence-corrected chi connectivity index (χ3v) is 12.9. The Bertz CT molecular complexity index is 3020. The highest BCUT2D eigenvalue weighted by atomic mass is 32.2. The van der Waals surface area contributed by atoms with Crippen molar-refractivity contribution in [3.8, 4) is 6.01 Å². The Labute approximate surface area is 460 Å². The lowest BCUT2D eigenvalue weighted by atomic mass is 10.1. The molecule has 4 fully saturated rings. The first-order chi connectivity index (χ1) is 37.0. The minimum atomic E-state index is -3.70. The predicted octanol–water partition coefficient (Wildman–Crippen LogP) is -5.06. The zero-order valence-electron chi connectivity index (χ0n) is 42.4. The molecule has 0 amide bonds. The fraction of sp³-hybridized carbons (Fsp3) is 0.644. The number of hydrogen-bond donors (Lipinski definition) is 10. The van der Waals surface area contributed by atoms with E-state index in [2.05, 4.69) is 24.1 Å². The number of aliphatic hydroxyl groups is 7. The number of rotatable bonds is 16. The van der Waals surface area contributed by atoms with Crippen molar-refractivity contribution in [1.29, 1.82) is 0 Å². The van der Waals surface area contributed by atoms with Crippen molar-refractivity contribution in [3.63, 3.8) is 0 Å². The molecule has 8 heterocycles. The average molecular weight is 1190 g/mol. The Kier molecular flexibility index (Phi) is 26.7. The Morgan fingerprint density at radius 3 is 1.25 bits per heavy atom. The number of ether oxygens (including phenoxy) is 9. The quantitative estimate of drug-likeness (QED) is 0.0371. The van der Waals surface area contributed by atoms with Crippen molar-refractivity contribution in [2.45, 2.75) is 120 Å². The lowest BCUT2D eigenvalue weighted by molar-refractivity contribution is -0.0644. The smallest absolute Gasteiger partial charge is 0.330 e. The van der Waals surface area contributed by atoms with Crippen LogP contribution in [0.5, 0.6) is 6.01 Å². The first-order valence-electron chi connectivity index (χ1n) is 23.3. The van der Waals surface area contributed by atoms with Gasteiger partial charge >= 0.3 is 17.4 Å². The first-order valence-corrected chi connectivity index (χ1v) is 25.5. The van der Waals surface area contributed by atoms with Crippen LogP contribution >= 0.6 is 12.2 Å². The number of hydrogen-bond acceptors (Lipinski definition) is 27. The van der Waals surface area contributed by atoms with E-state index in [9.17, 15) is 62.7 Å². The van der Waals surface area contributed by atoms with Crippen molar-refractivity contribution in [2.75, 3.05) is 67.7 Å². The van der Waals surface area contributed by atoms with E-state index in [1.165, 1.54) is 74.5 Å². The van der Waals surface area contributed by atoms with Gasteiger partial charge in [-0.05, 0) is 19.1 Å². The highest BCUT2D eigenvalue weighted by Gasteiger charge is 2.48. The number of nitrogens with zero attached hydrogens (tertiary/aromatic N) is 5. The zero-order valence-corrected chi connectivity index (χ0v) is 44.1. The van der Waals surface area contributed by atoms with Crippen LogP contribution in [0.3, 0.4) is 0 Å². The summed E-state index contributed by atoms with van der Waals surface area (Å²) in [4.78, 5) is 78.2. The molecule has 0 aliphatic carbocycles. The summed E-state index contributed by atoms with van der Waals surface area (Å²) in [5, 5.41) is 67.2. The van der Waals surface area contributed by atoms with Gasteiger partial charge in [0.05, 0.1) is 39.3 Å². The van der Waals surface area contributed by atoms with Crippen LogP contribution in [0.1, 0.15) is 46.7 Å². The molecule has 80 heavy (non-hydrogen) atoms. The normalized spacial score (nSPS) is 29.6. The molecule has 33 nitrogen and oxygen atoms in total. The van der Waals surface area contributed by atoms with Gasteiger partial charge in [-0.15, -0.1) is 0 Å². The first kappa shape index (κ1) is 68.7. The lowest BCUT2D eigenvalue weighted by Gasteiger charge is -2.22. The maximum Gasteiger partial charge on any atom is 0.330 e. The molecule has 35 heteroatoms. The number of aromatic amines is 3. The van der Waals surface area contributed by atoms with Gasteiger partial charge in [-0.25, -0.2) is 9.59 Å². The fourth-order valence-corrected chi connectivity index (χ4v) is 8.93. The summed E-state index contributed by atoms with van der Waals surface area (Å²) in [6.07, 6.45) is -7.76. The van der Waals surface area contributed by atoms with E-state index in [0.29, 0.717) is 6.61 Å². The van der Waals surface area contributed by atoms with E-state index in [0.717, 1.165) is 27.5 Å². The van der Waals surface area contributed by atoms with Crippen molar-refractivity contribution < 1.29 is 91.0 Å². The Morgan fingerprint density at radius 1 is 0.562 bits per heavy atom. The van der Waals surface area contributed by atoms with Gasteiger partial charge in [0.1, 0.15) is 73.2 Å². The van der Waals surface area contributed by atoms with Gasteiger partial charge in [-0.1, -0.05) is 14.9 Å². The summed E-state index contributed by atoms with van der Waals surface area (Å²) in [7, 11) is 1.83. The molecule has 0 saturated carbocycles. The molecule has 4 aromatic rings. The van der Waals surface area contributed by atoms with E-state index in [1.807, 2.05) is 0 Å². The van der Waals surface area contributed by atoms with Crippen molar-refractivity contribution in [2.24, 2.45) is 0 Å². The summed E-state index contributed by atoms with van der Waals surface area (Å²) in [5.41, 5.74) is -3.26. The standard InChI is InChI=1S/C12H18N2O6.C11H16N2O8S.C10H14N2O6.C10H14N2O5S.2CH4/c1-3-19-12-13-8(16)4-5-14(12)11-10(18-2)9(17)7(6-15)20-11;1-19-9-8(15)6(5-20-22(2,17)18)21-10(9)13-4-3-7(14)12-11(13)16;1-17-8-7(15)5(4-13)18-9(8)12-3-2-6(14)11-10(12)16;1-16-8-7(15)5(4-13)17-9(8)12-3-2-6(14)11-10(12)18;;/h4-5,7,9-11,15,17H,3,6H2,1-2H3;3-4,6,8-10,15H,5H2,1-2H3,(H,12,14,16);2-3,5,7-9,13,15H,4H2,1H3,(H,11,14,16);2-3,5,7-9,13,15H,4H2,1H3,(H,11,14,18);2*1H4/t7-,9?,10+,11-;6-,8?,9+,10-;2*5-,7?,8+,9-;;/m1111../s1. The number of methoxy groups -OCH3 is 4. The lowest BCUT2D eigenvalue weighted by Crippen LogP contribution is -2.38. The Balaban J connectivity index is 0.000000279. The molecule has 4 aromatic heterocycles. The molecular weight excluding hydrogens is 1120 g/mol. The minimum absolute atomic E-state index is 0. The van der Waals surface area contributed by atoms with Gasteiger partial charge in [-0.3, -0.25) is 56.6 Å². The summed E-state index contributed by atoms with van der Waals surface area (Å²) < 4.78 is 79.6. The highest BCUT2D eigenvalue weighted by Crippen LogP contribution is 2.35. The molecular formula is C45H70N8O25S2. The zero-order chi connectivity index (χ0) is 57.8. The number of H-pyrrole nitrogens is 3. The second-order valence-electron chi connectivity index (χ2n) is 17.0. The number of nitrogens with one attached hydrogen (secondary N) is 3.